The van der Waals surface area contributed by atoms with E-state index in [2.05, 4.69) is 4.74 Å². The van der Waals surface area contributed by atoms with Crippen molar-refractivity contribution in [2.75, 3.05) is 6.61 Å². The summed E-state index contributed by atoms with van der Waals surface area (Å²) < 4.78 is 9.18. The van der Waals surface area contributed by atoms with Crippen LogP contribution in [0.3, 0.4) is 0 Å². The number of hydrogen-bond donors (Lipinski definition) is 0. The van der Waals surface area contributed by atoms with Crippen molar-refractivity contribution in [3.63, 3.8) is 0 Å². The molecule has 0 amide bonds. The van der Waals surface area contributed by atoms with Crippen molar-refractivity contribution in [3.8, 4) is 0 Å². The van der Waals surface area contributed by atoms with E-state index in [4.69, 9.17) is 4.74 Å². The van der Waals surface area contributed by atoms with Crippen LogP contribution in [0.1, 0.15) is 13.8 Å². The van der Waals surface area contributed by atoms with Crippen LogP contribution in [-0.2, 0) is 19.1 Å². The van der Waals surface area contributed by atoms with Gasteiger partial charge in [0.05, 0.1) is 0 Å². The van der Waals surface area contributed by atoms with Crippen LogP contribution in [-0.4, -0.2) is 25.2 Å². The fourth-order valence-electron chi connectivity index (χ4n) is 0.582. The Morgan fingerprint density at radius 3 is 2.75 bits per heavy atom. The van der Waals surface area contributed by atoms with E-state index in [0.717, 1.165) is 0 Å². The van der Waals surface area contributed by atoms with Crippen molar-refractivity contribution in [2.45, 2.75) is 20.0 Å². The first-order valence-electron chi connectivity index (χ1n) is 3.59. The Labute approximate surface area is 71.2 Å². The van der Waals surface area contributed by atoms with Crippen molar-refractivity contribution < 1.29 is 19.1 Å². The molecule has 0 rings (SSSR count). The molecular weight excluding hydrogens is 160 g/mol. The van der Waals surface area contributed by atoms with Gasteiger partial charge in [0.15, 0.2) is 0 Å². The van der Waals surface area contributed by atoms with Crippen LogP contribution < -0.4 is 0 Å². The quantitative estimate of drug-likeness (QED) is 0.347. The lowest BCUT2D eigenvalue weighted by atomic mass is 10.4. The standard InChI is InChI=1S/C8H12O4/c1-3-4-8(10)12-7(2)5-11-6-9/h3-4,6-7H,5H2,1-2H3/b4-3+. The summed E-state index contributed by atoms with van der Waals surface area (Å²) in [6, 6.07) is 0. The molecule has 0 N–H and O–H groups in total. The summed E-state index contributed by atoms with van der Waals surface area (Å²) in [5.41, 5.74) is 0. The van der Waals surface area contributed by atoms with Gasteiger partial charge in [0.25, 0.3) is 6.47 Å². The molecule has 0 heterocycles. The number of hydrogen-bond acceptors (Lipinski definition) is 4. The first kappa shape index (κ1) is 10.7. The average molecular weight is 172 g/mol. The van der Waals surface area contributed by atoms with Gasteiger partial charge >= 0.3 is 5.97 Å². The minimum Gasteiger partial charge on any atom is -0.464 e. The second kappa shape index (κ2) is 6.39. The normalized spacial score (nSPS) is 12.5. The van der Waals surface area contributed by atoms with Crippen LogP contribution >= 0.6 is 0 Å². The van der Waals surface area contributed by atoms with E-state index in [-0.39, 0.29) is 6.61 Å². The molecule has 0 radical (unpaired) electrons. The van der Waals surface area contributed by atoms with Crippen LogP contribution in [0.4, 0.5) is 0 Å². The summed E-state index contributed by atoms with van der Waals surface area (Å²) >= 11 is 0. The lowest BCUT2D eigenvalue weighted by molar-refractivity contribution is -0.148. The zero-order valence-electron chi connectivity index (χ0n) is 7.15. The topological polar surface area (TPSA) is 52.6 Å². The Morgan fingerprint density at radius 2 is 2.25 bits per heavy atom. The second-order valence-electron chi connectivity index (χ2n) is 2.18. The zero-order valence-corrected chi connectivity index (χ0v) is 7.15. The number of rotatable bonds is 5. The van der Waals surface area contributed by atoms with Crippen LogP contribution in [0.2, 0.25) is 0 Å². The Kier molecular flexibility index (Phi) is 5.69. The summed E-state index contributed by atoms with van der Waals surface area (Å²) in [6.45, 7) is 3.77. The lowest BCUT2D eigenvalue weighted by Crippen LogP contribution is -2.18. The van der Waals surface area contributed by atoms with Crippen LogP contribution in [0.15, 0.2) is 12.2 Å². The highest BCUT2D eigenvalue weighted by atomic mass is 16.6. The summed E-state index contributed by atoms with van der Waals surface area (Å²) in [6.07, 6.45) is 2.48. The molecule has 0 saturated heterocycles. The maximum absolute atomic E-state index is 10.8. The molecule has 0 spiro atoms. The highest BCUT2D eigenvalue weighted by Gasteiger charge is 2.05. The Balaban J connectivity index is 3.60. The van der Waals surface area contributed by atoms with E-state index in [1.807, 2.05) is 0 Å². The maximum atomic E-state index is 10.8. The minimum atomic E-state index is -0.431. The third-order valence-electron chi connectivity index (χ3n) is 1.02. The van der Waals surface area contributed by atoms with Crippen LogP contribution in [0.5, 0.6) is 0 Å². The van der Waals surface area contributed by atoms with E-state index >= 15 is 0 Å². The van der Waals surface area contributed by atoms with E-state index in [1.54, 1.807) is 19.9 Å². The first-order valence-corrected chi connectivity index (χ1v) is 3.59. The monoisotopic (exact) mass is 172 g/mol. The molecule has 0 aromatic heterocycles. The fourth-order valence-corrected chi connectivity index (χ4v) is 0.582. The summed E-state index contributed by atoms with van der Waals surface area (Å²) in [7, 11) is 0. The molecule has 1 atom stereocenters. The van der Waals surface area contributed by atoms with E-state index < -0.39 is 12.1 Å². The van der Waals surface area contributed by atoms with E-state index in [1.165, 1.54) is 6.08 Å². The molecule has 0 aliphatic carbocycles. The Bertz CT molecular complexity index is 174. The molecule has 4 nitrogen and oxygen atoms in total. The van der Waals surface area contributed by atoms with Gasteiger partial charge in [-0.3, -0.25) is 4.79 Å². The first-order chi connectivity index (χ1) is 5.70. The van der Waals surface area contributed by atoms with Crippen molar-refractivity contribution in [2.24, 2.45) is 0 Å². The highest BCUT2D eigenvalue weighted by molar-refractivity contribution is 5.81. The van der Waals surface area contributed by atoms with E-state index in [0.29, 0.717) is 6.47 Å². The van der Waals surface area contributed by atoms with Crippen molar-refractivity contribution in [1.29, 1.82) is 0 Å². The van der Waals surface area contributed by atoms with Crippen LogP contribution in [0.25, 0.3) is 0 Å². The fraction of sp³-hybridized carbons (Fsp3) is 0.500. The van der Waals surface area contributed by atoms with Crippen molar-refractivity contribution >= 4 is 12.4 Å². The van der Waals surface area contributed by atoms with Gasteiger partial charge in [-0.2, -0.15) is 0 Å². The smallest absolute Gasteiger partial charge is 0.330 e. The number of ether oxygens (including phenoxy) is 2. The summed E-state index contributed by atoms with van der Waals surface area (Å²) in [5, 5.41) is 0. The molecule has 4 heteroatoms. The predicted molar refractivity (Wildman–Crippen MR) is 42.4 cm³/mol. The molecule has 0 fully saturated rings. The van der Waals surface area contributed by atoms with Gasteiger partial charge in [-0.25, -0.2) is 4.79 Å². The molecule has 0 saturated carbocycles. The van der Waals surface area contributed by atoms with Crippen molar-refractivity contribution in [1.82, 2.24) is 0 Å². The third-order valence-corrected chi connectivity index (χ3v) is 1.02. The molecule has 0 bridgehead atoms. The third kappa shape index (κ3) is 5.46. The van der Waals surface area contributed by atoms with Crippen molar-refractivity contribution in [3.05, 3.63) is 12.2 Å². The lowest BCUT2D eigenvalue weighted by Gasteiger charge is -2.09. The molecule has 0 aromatic carbocycles. The van der Waals surface area contributed by atoms with E-state index in [9.17, 15) is 9.59 Å². The van der Waals surface area contributed by atoms with Crippen LogP contribution in [0, 0.1) is 0 Å². The van der Waals surface area contributed by atoms with Gasteiger partial charge in [0.2, 0.25) is 0 Å². The molecule has 0 aliphatic rings. The number of carbonyl (C=O) groups is 2. The van der Waals surface area contributed by atoms with Gasteiger partial charge in [-0.05, 0) is 13.8 Å². The number of esters is 1. The maximum Gasteiger partial charge on any atom is 0.330 e. The predicted octanol–water partition coefficient (Wildman–Crippen LogP) is 0.667. The van der Waals surface area contributed by atoms with Gasteiger partial charge in [-0.1, -0.05) is 6.08 Å². The average Bonchev–Trinajstić information content (AvgIpc) is 2.01. The Hall–Kier alpha value is -1.32. The molecule has 0 aliphatic heterocycles. The van der Waals surface area contributed by atoms with Gasteiger partial charge < -0.3 is 9.47 Å². The molecular formula is C8H12O4. The minimum absolute atomic E-state index is 0.0901. The largest absolute Gasteiger partial charge is 0.464 e. The Morgan fingerprint density at radius 1 is 1.58 bits per heavy atom. The van der Waals surface area contributed by atoms with Gasteiger partial charge in [0, 0.05) is 6.08 Å². The zero-order chi connectivity index (χ0) is 9.40. The SMILES string of the molecule is C/C=C/C(=O)OC(C)COC=O. The molecule has 68 valence electrons. The van der Waals surface area contributed by atoms with Gasteiger partial charge in [0.1, 0.15) is 12.7 Å². The molecule has 0 aromatic rings. The van der Waals surface area contributed by atoms with Gasteiger partial charge in [-0.15, -0.1) is 0 Å². The molecule has 1 unspecified atom stereocenters. The second-order valence-corrected chi connectivity index (χ2v) is 2.18. The number of carbonyl (C=O) groups excluding carboxylic acids is 2. The highest BCUT2D eigenvalue weighted by Crippen LogP contribution is 1.92. The summed E-state index contributed by atoms with van der Waals surface area (Å²) in [5.74, 6) is -0.431. The number of allylic oxidation sites excluding steroid dienone is 1. The molecule has 12 heavy (non-hydrogen) atoms. The summed E-state index contributed by atoms with van der Waals surface area (Å²) in [4.78, 5) is 20.5.